The van der Waals surface area contributed by atoms with Gasteiger partial charge in [0.1, 0.15) is 23.6 Å². The van der Waals surface area contributed by atoms with Gasteiger partial charge in [-0.15, -0.1) is 0 Å². The molecule has 0 spiro atoms. The molecule has 1 aromatic carbocycles. The van der Waals surface area contributed by atoms with Gasteiger partial charge < -0.3 is 9.15 Å². The fourth-order valence-corrected chi connectivity index (χ4v) is 3.70. The van der Waals surface area contributed by atoms with Crippen LogP contribution >= 0.6 is 0 Å². The van der Waals surface area contributed by atoms with Gasteiger partial charge >= 0.3 is 0 Å². The van der Waals surface area contributed by atoms with Gasteiger partial charge in [-0.1, -0.05) is 0 Å². The molecule has 1 fully saturated rings. The van der Waals surface area contributed by atoms with Crippen LogP contribution in [0.4, 0.5) is 0 Å². The lowest BCUT2D eigenvalue weighted by Crippen LogP contribution is -2.34. The van der Waals surface area contributed by atoms with E-state index in [1.165, 1.54) is 12.8 Å². The molecule has 3 heterocycles. The maximum Gasteiger partial charge on any atom is 0.134 e. The average molecular weight is 363 g/mol. The van der Waals surface area contributed by atoms with Gasteiger partial charge in [-0.3, -0.25) is 4.90 Å². The SMILES string of the molecule is CCOc1ccc(-c2ccc(CN3CCC[C@@H](c4ccncn4)C3)o2)cc1. The molecule has 0 aliphatic carbocycles. The first kappa shape index (κ1) is 17.7. The molecule has 27 heavy (non-hydrogen) atoms. The van der Waals surface area contributed by atoms with Crippen molar-refractivity contribution in [2.24, 2.45) is 0 Å². The molecule has 1 aliphatic heterocycles. The van der Waals surface area contributed by atoms with Crippen LogP contribution in [0, 0.1) is 0 Å². The molecule has 0 amide bonds. The van der Waals surface area contributed by atoms with Crippen molar-refractivity contribution in [3.8, 4) is 17.1 Å². The fourth-order valence-electron chi connectivity index (χ4n) is 3.70. The Labute approximate surface area is 160 Å². The number of likely N-dealkylation sites (tertiary alicyclic amines) is 1. The Morgan fingerprint density at radius 3 is 2.81 bits per heavy atom. The predicted octanol–water partition coefficient (Wildman–Crippen LogP) is 4.51. The molecule has 1 atom stereocenters. The third-order valence-corrected chi connectivity index (χ3v) is 5.02. The second-order valence-electron chi connectivity index (χ2n) is 6.93. The quantitative estimate of drug-likeness (QED) is 0.645. The molecule has 4 rings (SSSR count). The van der Waals surface area contributed by atoms with Crippen molar-refractivity contribution in [3.05, 3.63) is 66.4 Å². The number of nitrogens with zero attached hydrogens (tertiary/aromatic N) is 3. The zero-order valence-electron chi connectivity index (χ0n) is 15.7. The van der Waals surface area contributed by atoms with E-state index in [9.17, 15) is 0 Å². The second kappa shape index (κ2) is 8.35. The Morgan fingerprint density at radius 1 is 1.15 bits per heavy atom. The van der Waals surface area contributed by atoms with Crippen LogP contribution < -0.4 is 4.74 Å². The van der Waals surface area contributed by atoms with Crippen molar-refractivity contribution in [2.45, 2.75) is 32.2 Å². The zero-order chi connectivity index (χ0) is 18.5. The molecule has 5 heteroatoms. The van der Waals surface area contributed by atoms with Gasteiger partial charge in [-0.2, -0.15) is 0 Å². The topological polar surface area (TPSA) is 51.4 Å². The first-order valence-corrected chi connectivity index (χ1v) is 9.62. The van der Waals surface area contributed by atoms with E-state index in [2.05, 4.69) is 27.0 Å². The van der Waals surface area contributed by atoms with Crippen LogP contribution in [0.5, 0.6) is 5.75 Å². The number of furan rings is 1. The van der Waals surface area contributed by atoms with Crippen LogP contribution in [-0.4, -0.2) is 34.6 Å². The Balaban J connectivity index is 1.40. The van der Waals surface area contributed by atoms with Crippen molar-refractivity contribution in [2.75, 3.05) is 19.7 Å². The van der Waals surface area contributed by atoms with Gasteiger partial charge in [0.25, 0.3) is 0 Å². The summed E-state index contributed by atoms with van der Waals surface area (Å²) in [6.45, 7) is 5.61. The highest BCUT2D eigenvalue weighted by atomic mass is 16.5. The monoisotopic (exact) mass is 363 g/mol. The molecular formula is C22H25N3O2. The standard InChI is InChI=1S/C22H25N3O2/c1-2-26-19-7-5-17(6-8-19)22-10-9-20(27-22)15-25-13-3-4-18(14-25)21-11-12-23-16-24-21/h5-12,16,18H,2-4,13-15H2,1H3/t18-/m1/s1. The molecule has 2 aromatic heterocycles. The Hall–Kier alpha value is -2.66. The smallest absolute Gasteiger partial charge is 0.134 e. The maximum atomic E-state index is 6.11. The minimum atomic E-state index is 0.474. The molecule has 0 bridgehead atoms. The van der Waals surface area contributed by atoms with E-state index in [1.807, 2.05) is 43.5 Å². The summed E-state index contributed by atoms with van der Waals surface area (Å²) in [5.41, 5.74) is 2.21. The van der Waals surface area contributed by atoms with Crippen LogP contribution in [0.15, 0.2) is 59.4 Å². The number of benzene rings is 1. The van der Waals surface area contributed by atoms with E-state index < -0.39 is 0 Å². The molecule has 3 aromatic rings. The number of hydrogen-bond donors (Lipinski definition) is 0. The molecular weight excluding hydrogens is 338 g/mol. The number of piperidine rings is 1. The summed E-state index contributed by atoms with van der Waals surface area (Å²) >= 11 is 0. The summed E-state index contributed by atoms with van der Waals surface area (Å²) in [6, 6.07) is 14.2. The highest BCUT2D eigenvalue weighted by Crippen LogP contribution is 2.28. The number of rotatable bonds is 6. The molecule has 0 radical (unpaired) electrons. The average Bonchev–Trinajstić information content (AvgIpc) is 3.18. The van der Waals surface area contributed by atoms with Crippen LogP contribution in [0.2, 0.25) is 0 Å². The molecule has 140 valence electrons. The molecule has 0 unspecified atom stereocenters. The molecule has 5 nitrogen and oxygen atoms in total. The summed E-state index contributed by atoms with van der Waals surface area (Å²) < 4.78 is 11.6. The van der Waals surface area contributed by atoms with E-state index >= 15 is 0 Å². The number of aromatic nitrogens is 2. The number of hydrogen-bond acceptors (Lipinski definition) is 5. The normalized spacial score (nSPS) is 17.7. The first-order valence-electron chi connectivity index (χ1n) is 9.62. The molecule has 1 aliphatic rings. The van der Waals surface area contributed by atoms with Crippen LogP contribution in [-0.2, 0) is 6.54 Å². The van der Waals surface area contributed by atoms with Crippen molar-refractivity contribution in [3.63, 3.8) is 0 Å². The van der Waals surface area contributed by atoms with Crippen molar-refractivity contribution >= 4 is 0 Å². The van der Waals surface area contributed by atoms with Gasteiger partial charge in [-0.25, -0.2) is 9.97 Å². The molecule has 1 saturated heterocycles. The lowest BCUT2D eigenvalue weighted by molar-refractivity contribution is 0.185. The van der Waals surface area contributed by atoms with E-state index in [0.717, 1.165) is 48.2 Å². The maximum absolute atomic E-state index is 6.11. The Morgan fingerprint density at radius 2 is 2.04 bits per heavy atom. The van der Waals surface area contributed by atoms with E-state index in [-0.39, 0.29) is 0 Å². The van der Waals surface area contributed by atoms with E-state index in [0.29, 0.717) is 12.5 Å². The fraction of sp³-hybridized carbons (Fsp3) is 0.364. The summed E-state index contributed by atoms with van der Waals surface area (Å²) in [4.78, 5) is 10.9. The van der Waals surface area contributed by atoms with Gasteiger partial charge in [0.05, 0.1) is 13.2 Å². The van der Waals surface area contributed by atoms with Gasteiger partial charge in [0, 0.05) is 29.9 Å². The highest BCUT2D eigenvalue weighted by Gasteiger charge is 2.23. The van der Waals surface area contributed by atoms with Gasteiger partial charge in [0.2, 0.25) is 0 Å². The first-order chi connectivity index (χ1) is 13.3. The molecule has 0 saturated carbocycles. The predicted molar refractivity (Wildman–Crippen MR) is 105 cm³/mol. The minimum Gasteiger partial charge on any atom is -0.494 e. The van der Waals surface area contributed by atoms with Crippen LogP contribution in [0.25, 0.3) is 11.3 Å². The van der Waals surface area contributed by atoms with Crippen LogP contribution in [0.1, 0.15) is 37.1 Å². The summed E-state index contributed by atoms with van der Waals surface area (Å²) in [7, 11) is 0. The van der Waals surface area contributed by atoms with Crippen molar-refractivity contribution in [1.29, 1.82) is 0 Å². The lowest BCUT2D eigenvalue weighted by Gasteiger charge is -2.31. The second-order valence-corrected chi connectivity index (χ2v) is 6.93. The largest absolute Gasteiger partial charge is 0.494 e. The van der Waals surface area contributed by atoms with E-state index in [1.54, 1.807) is 6.33 Å². The Kier molecular flexibility index (Phi) is 5.49. The van der Waals surface area contributed by atoms with Crippen molar-refractivity contribution in [1.82, 2.24) is 14.9 Å². The third-order valence-electron chi connectivity index (χ3n) is 5.02. The van der Waals surface area contributed by atoms with Crippen molar-refractivity contribution < 1.29 is 9.15 Å². The van der Waals surface area contributed by atoms with Crippen LogP contribution in [0.3, 0.4) is 0 Å². The summed E-state index contributed by atoms with van der Waals surface area (Å²) in [6.07, 6.45) is 5.84. The van der Waals surface area contributed by atoms with Gasteiger partial charge in [0.15, 0.2) is 0 Å². The minimum absolute atomic E-state index is 0.474. The Bertz CT molecular complexity index is 846. The number of ether oxygens (including phenoxy) is 1. The highest BCUT2D eigenvalue weighted by molar-refractivity contribution is 5.58. The third kappa shape index (κ3) is 4.37. The lowest BCUT2D eigenvalue weighted by atomic mass is 9.94. The summed E-state index contributed by atoms with van der Waals surface area (Å²) in [5, 5.41) is 0. The zero-order valence-corrected chi connectivity index (χ0v) is 15.7. The van der Waals surface area contributed by atoms with Gasteiger partial charge in [-0.05, 0) is 68.8 Å². The summed E-state index contributed by atoms with van der Waals surface area (Å²) in [5.74, 6) is 3.26. The molecule has 0 N–H and O–H groups in total. The van der Waals surface area contributed by atoms with E-state index in [4.69, 9.17) is 9.15 Å².